The molecule has 148 valence electrons. The molecular formula is C20H18FN5O2S. The number of urea groups is 1. The highest BCUT2D eigenvalue weighted by Crippen LogP contribution is 2.27. The van der Waals surface area contributed by atoms with E-state index in [1.807, 2.05) is 34.9 Å². The number of amides is 3. The van der Waals surface area contributed by atoms with Gasteiger partial charge in [-0.25, -0.2) is 9.18 Å². The van der Waals surface area contributed by atoms with E-state index in [2.05, 4.69) is 15.5 Å². The minimum Gasteiger partial charge on any atom is -0.329 e. The van der Waals surface area contributed by atoms with Crippen molar-refractivity contribution in [3.63, 3.8) is 0 Å². The highest BCUT2D eigenvalue weighted by atomic mass is 32.2. The summed E-state index contributed by atoms with van der Waals surface area (Å²) in [5.74, 6) is 0.284. The quantitative estimate of drug-likeness (QED) is 0.478. The molecule has 0 saturated carbocycles. The number of hydrogen-bond donors (Lipinski definition) is 1. The summed E-state index contributed by atoms with van der Waals surface area (Å²) in [4.78, 5) is 24.6. The van der Waals surface area contributed by atoms with E-state index in [0.29, 0.717) is 28.8 Å². The van der Waals surface area contributed by atoms with Gasteiger partial charge in [0, 0.05) is 12.3 Å². The molecule has 4 rings (SSSR count). The maximum absolute atomic E-state index is 14.4. The summed E-state index contributed by atoms with van der Waals surface area (Å²) in [6.07, 6.45) is 0. The second-order valence-corrected chi connectivity index (χ2v) is 7.47. The molecule has 0 radical (unpaired) electrons. The van der Waals surface area contributed by atoms with Crippen LogP contribution in [0.15, 0.2) is 59.8 Å². The molecule has 0 aliphatic carbocycles. The minimum absolute atomic E-state index is 0.0329. The van der Waals surface area contributed by atoms with Gasteiger partial charge >= 0.3 is 6.03 Å². The number of imide groups is 1. The van der Waals surface area contributed by atoms with E-state index in [1.165, 1.54) is 22.7 Å². The molecule has 2 heterocycles. The number of carbonyl (C=O) groups excluding carboxylic acids is 2. The number of carbonyl (C=O) groups is 2. The van der Waals surface area contributed by atoms with Crippen LogP contribution in [-0.4, -0.2) is 50.4 Å². The third-order valence-corrected chi connectivity index (χ3v) is 5.45. The van der Waals surface area contributed by atoms with Gasteiger partial charge in [-0.3, -0.25) is 14.3 Å². The Hall–Kier alpha value is -3.20. The van der Waals surface area contributed by atoms with E-state index in [1.54, 1.807) is 18.2 Å². The van der Waals surface area contributed by atoms with Gasteiger partial charge < -0.3 is 5.32 Å². The van der Waals surface area contributed by atoms with Gasteiger partial charge in [0.15, 0.2) is 11.0 Å². The Morgan fingerprint density at radius 1 is 1.03 bits per heavy atom. The van der Waals surface area contributed by atoms with Crippen LogP contribution in [0.1, 0.15) is 5.56 Å². The Labute approximate surface area is 170 Å². The highest BCUT2D eigenvalue weighted by Gasteiger charge is 2.28. The maximum Gasteiger partial charge on any atom is 0.324 e. The van der Waals surface area contributed by atoms with Gasteiger partial charge in [-0.05, 0) is 17.7 Å². The number of halogens is 1. The van der Waals surface area contributed by atoms with Crippen LogP contribution in [0.3, 0.4) is 0 Å². The van der Waals surface area contributed by atoms with Crippen LogP contribution in [0.4, 0.5) is 9.18 Å². The van der Waals surface area contributed by atoms with Gasteiger partial charge in [-0.1, -0.05) is 54.2 Å². The molecule has 29 heavy (non-hydrogen) atoms. The molecule has 1 saturated heterocycles. The summed E-state index contributed by atoms with van der Waals surface area (Å²) >= 11 is 1.37. The second kappa shape index (κ2) is 8.44. The van der Waals surface area contributed by atoms with Gasteiger partial charge in [0.2, 0.25) is 5.91 Å². The van der Waals surface area contributed by atoms with E-state index < -0.39 is 0 Å². The third kappa shape index (κ3) is 4.14. The third-order valence-electron chi connectivity index (χ3n) is 4.50. The SMILES string of the molecule is O=C1CNC(=O)N1CCSc1nnc(-c2ccccc2F)n1Cc1ccccc1. The van der Waals surface area contributed by atoms with Crippen LogP contribution >= 0.6 is 11.8 Å². The predicted molar refractivity (Wildman–Crippen MR) is 107 cm³/mol. The van der Waals surface area contributed by atoms with Crippen molar-refractivity contribution in [2.75, 3.05) is 18.8 Å². The summed E-state index contributed by atoms with van der Waals surface area (Å²) in [5.41, 5.74) is 1.40. The molecule has 2 aromatic carbocycles. The first-order valence-corrected chi connectivity index (χ1v) is 10.0. The fraction of sp³-hybridized carbons (Fsp3) is 0.200. The standard InChI is InChI=1S/C20H18FN5O2S/c21-16-9-5-4-8-15(16)18-23-24-20(26(18)13-14-6-2-1-3-7-14)29-11-10-25-17(27)12-22-19(25)28/h1-9H,10-13H2,(H,22,28). The van der Waals surface area contributed by atoms with Gasteiger partial charge in [0.05, 0.1) is 18.7 Å². The molecule has 0 unspecified atom stereocenters. The van der Waals surface area contributed by atoms with Crippen LogP contribution < -0.4 is 5.32 Å². The first-order valence-electron chi connectivity index (χ1n) is 9.06. The molecule has 1 aliphatic rings. The van der Waals surface area contributed by atoms with E-state index >= 15 is 0 Å². The smallest absolute Gasteiger partial charge is 0.324 e. The van der Waals surface area contributed by atoms with Crippen molar-refractivity contribution in [3.8, 4) is 11.4 Å². The zero-order valence-electron chi connectivity index (χ0n) is 15.4. The number of benzene rings is 2. The Morgan fingerprint density at radius 2 is 1.79 bits per heavy atom. The largest absolute Gasteiger partial charge is 0.329 e. The molecule has 1 fully saturated rings. The van der Waals surface area contributed by atoms with Gasteiger partial charge in [0.25, 0.3) is 0 Å². The van der Waals surface area contributed by atoms with Crippen LogP contribution in [0.5, 0.6) is 0 Å². The lowest BCUT2D eigenvalue weighted by atomic mass is 10.2. The Balaban J connectivity index is 1.58. The van der Waals surface area contributed by atoms with E-state index in [0.717, 1.165) is 5.56 Å². The summed E-state index contributed by atoms with van der Waals surface area (Å²) < 4.78 is 16.2. The first kappa shape index (κ1) is 19.1. The summed E-state index contributed by atoms with van der Waals surface area (Å²) in [6, 6.07) is 15.8. The zero-order chi connectivity index (χ0) is 20.2. The van der Waals surface area contributed by atoms with Crippen LogP contribution in [0, 0.1) is 5.82 Å². The monoisotopic (exact) mass is 411 g/mol. The van der Waals surface area contributed by atoms with Crippen molar-refractivity contribution in [2.24, 2.45) is 0 Å². The summed E-state index contributed by atoms with van der Waals surface area (Å²) in [7, 11) is 0. The molecule has 3 aromatic rings. The Bertz CT molecular complexity index is 1020. The molecule has 1 aromatic heterocycles. The Kier molecular flexibility index (Phi) is 5.57. The molecule has 7 nitrogen and oxygen atoms in total. The van der Waals surface area contributed by atoms with Gasteiger partial charge in [0.1, 0.15) is 5.82 Å². The normalized spacial score (nSPS) is 13.8. The molecule has 3 amide bonds. The summed E-state index contributed by atoms with van der Waals surface area (Å²) in [5, 5.41) is 11.5. The zero-order valence-corrected chi connectivity index (χ0v) is 16.2. The van der Waals surface area contributed by atoms with Gasteiger partial charge in [-0.2, -0.15) is 0 Å². The van der Waals surface area contributed by atoms with Crippen molar-refractivity contribution in [3.05, 3.63) is 66.0 Å². The number of rotatable bonds is 7. The van der Waals surface area contributed by atoms with E-state index in [9.17, 15) is 14.0 Å². The topological polar surface area (TPSA) is 80.1 Å². The molecule has 1 N–H and O–H groups in total. The number of hydrogen-bond acceptors (Lipinski definition) is 5. The number of nitrogens with one attached hydrogen (secondary N) is 1. The summed E-state index contributed by atoms with van der Waals surface area (Å²) in [6.45, 7) is 0.774. The van der Waals surface area contributed by atoms with E-state index in [-0.39, 0.29) is 30.8 Å². The fourth-order valence-corrected chi connectivity index (χ4v) is 3.92. The molecule has 0 atom stereocenters. The lowest BCUT2D eigenvalue weighted by molar-refractivity contribution is -0.124. The molecule has 0 spiro atoms. The predicted octanol–water partition coefficient (Wildman–Crippen LogP) is 2.78. The minimum atomic E-state index is -0.381. The number of thioether (sulfide) groups is 1. The van der Waals surface area contributed by atoms with Crippen LogP contribution in [-0.2, 0) is 11.3 Å². The van der Waals surface area contributed by atoms with Crippen molar-refractivity contribution >= 4 is 23.7 Å². The Morgan fingerprint density at radius 3 is 2.52 bits per heavy atom. The average molecular weight is 411 g/mol. The van der Waals surface area contributed by atoms with Crippen LogP contribution in [0.2, 0.25) is 0 Å². The average Bonchev–Trinajstić information content (AvgIpc) is 3.27. The second-order valence-electron chi connectivity index (χ2n) is 6.41. The van der Waals surface area contributed by atoms with Gasteiger partial charge in [-0.15, -0.1) is 10.2 Å². The highest BCUT2D eigenvalue weighted by molar-refractivity contribution is 7.99. The lowest BCUT2D eigenvalue weighted by Crippen LogP contribution is -2.32. The molecule has 0 bridgehead atoms. The molecular weight excluding hydrogens is 393 g/mol. The maximum atomic E-state index is 14.4. The van der Waals surface area contributed by atoms with E-state index in [4.69, 9.17) is 0 Å². The van der Waals surface area contributed by atoms with Crippen molar-refractivity contribution in [1.29, 1.82) is 0 Å². The fourth-order valence-electron chi connectivity index (χ4n) is 3.06. The van der Waals surface area contributed by atoms with Crippen molar-refractivity contribution in [2.45, 2.75) is 11.7 Å². The number of aromatic nitrogens is 3. The first-order chi connectivity index (χ1) is 14.1. The molecule has 9 heteroatoms. The molecule has 1 aliphatic heterocycles. The van der Waals surface area contributed by atoms with Crippen molar-refractivity contribution < 1.29 is 14.0 Å². The lowest BCUT2D eigenvalue weighted by Gasteiger charge is -2.13. The van der Waals surface area contributed by atoms with Crippen molar-refractivity contribution in [1.82, 2.24) is 25.0 Å². The number of nitrogens with zero attached hydrogens (tertiary/aromatic N) is 4. The van der Waals surface area contributed by atoms with Crippen LogP contribution in [0.25, 0.3) is 11.4 Å².